The maximum absolute atomic E-state index is 14.1. The van der Waals surface area contributed by atoms with E-state index in [2.05, 4.69) is 37.6 Å². The number of rotatable bonds is 9. The molecule has 0 radical (unpaired) electrons. The monoisotopic (exact) mass is 589 g/mol. The van der Waals surface area contributed by atoms with E-state index in [-0.39, 0.29) is 24.0 Å². The Morgan fingerprint density at radius 3 is 2.66 bits per heavy atom. The SMILES string of the molecule is C=C(Nc1ccc(-c2cccc(-c3nnn(C)n3)c2)n(Cc2cncc(-n3cc(C)c4cc(F)ccc43)c2)c1=O)[C@H](C)NC. The Labute approximate surface area is 253 Å². The standard InChI is InChI=1S/C33H32FN9O/c1-20-18-42(31-11-9-26(34)15-28(20)31)27-13-23(16-36-17-27)19-43-30(12-10-29(33(43)44)37-22(3)21(2)35-4)24-7-6-8-25(14-24)32-38-40-41(5)39-32/h6-18,21,35,37H,3,19H2,1-2,4-5H3/t21-/m0/s1. The molecule has 0 unspecified atom stereocenters. The van der Waals surface area contributed by atoms with Gasteiger partial charge in [-0.1, -0.05) is 24.8 Å². The van der Waals surface area contributed by atoms with Crippen molar-refractivity contribution in [2.24, 2.45) is 7.05 Å². The first-order valence-corrected chi connectivity index (χ1v) is 14.1. The molecular formula is C33H32FN9O. The van der Waals surface area contributed by atoms with Crippen LogP contribution in [-0.2, 0) is 13.6 Å². The lowest BCUT2D eigenvalue weighted by atomic mass is 10.1. The highest BCUT2D eigenvalue weighted by Crippen LogP contribution is 2.28. The molecule has 6 rings (SSSR count). The average Bonchev–Trinajstić information content (AvgIpc) is 3.61. The molecule has 0 aliphatic carbocycles. The molecule has 1 atom stereocenters. The second-order valence-corrected chi connectivity index (χ2v) is 10.8. The quantitative estimate of drug-likeness (QED) is 0.242. The first-order valence-electron chi connectivity index (χ1n) is 14.1. The maximum atomic E-state index is 14.1. The number of hydrogen-bond acceptors (Lipinski definition) is 7. The summed E-state index contributed by atoms with van der Waals surface area (Å²) in [7, 11) is 3.55. The molecule has 0 aliphatic heterocycles. The molecule has 2 aromatic carbocycles. The predicted octanol–water partition coefficient (Wildman–Crippen LogP) is 5.07. The zero-order valence-electron chi connectivity index (χ0n) is 24.9. The summed E-state index contributed by atoms with van der Waals surface area (Å²) in [6.45, 7) is 8.27. The minimum absolute atomic E-state index is 0.0482. The third-order valence-corrected chi connectivity index (χ3v) is 7.72. The van der Waals surface area contributed by atoms with Crippen molar-refractivity contribution in [3.05, 3.63) is 119 Å². The van der Waals surface area contributed by atoms with Crippen molar-refractivity contribution >= 4 is 16.6 Å². The van der Waals surface area contributed by atoms with Gasteiger partial charge in [0.25, 0.3) is 5.56 Å². The van der Waals surface area contributed by atoms with Gasteiger partial charge in [0.2, 0.25) is 5.82 Å². The van der Waals surface area contributed by atoms with Crippen molar-refractivity contribution in [3.8, 4) is 28.3 Å². The van der Waals surface area contributed by atoms with Crippen LogP contribution in [0.3, 0.4) is 0 Å². The van der Waals surface area contributed by atoms with Gasteiger partial charge in [-0.3, -0.25) is 9.78 Å². The van der Waals surface area contributed by atoms with Gasteiger partial charge >= 0.3 is 0 Å². The third-order valence-electron chi connectivity index (χ3n) is 7.72. The summed E-state index contributed by atoms with van der Waals surface area (Å²) in [5, 5.41) is 19.6. The molecule has 0 bridgehead atoms. The van der Waals surface area contributed by atoms with E-state index in [0.717, 1.165) is 38.8 Å². The molecule has 0 aliphatic rings. The Morgan fingerprint density at radius 1 is 1.07 bits per heavy atom. The van der Waals surface area contributed by atoms with E-state index in [1.807, 2.05) is 68.1 Å². The van der Waals surface area contributed by atoms with Gasteiger partial charge in [0.1, 0.15) is 11.5 Å². The summed E-state index contributed by atoms with van der Waals surface area (Å²) in [5.74, 6) is 0.210. The highest BCUT2D eigenvalue weighted by Gasteiger charge is 2.16. The van der Waals surface area contributed by atoms with Gasteiger partial charge in [-0.15, -0.1) is 10.2 Å². The number of anilines is 1. The van der Waals surface area contributed by atoms with Crippen LogP contribution in [0.1, 0.15) is 18.1 Å². The van der Waals surface area contributed by atoms with Gasteiger partial charge in [0, 0.05) is 35.1 Å². The van der Waals surface area contributed by atoms with Crippen molar-refractivity contribution < 1.29 is 4.39 Å². The van der Waals surface area contributed by atoms with E-state index in [0.29, 0.717) is 22.9 Å². The molecule has 0 fully saturated rings. The number of hydrogen-bond donors (Lipinski definition) is 2. The van der Waals surface area contributed by atoms with Crippen LogP contribution >= 0.6 is 0 Å². The fourth-order valence-corrected chi connectivity index (χ4v) is 5.21. The first-order chi connectivity index (χ1) is 21.2. The number of likely N-dealkylation sites (N-methyl/N-ethyl adjacent to an activating group) is 1. The van der Waals surface area contributed by atoms with Gasteiger partial charge in [-0.05, 0) is 85.3 Å². The molecule has 44 heavy (non-hydrogen) atoms. The zero-order chi connectivity index (χ0) is 31.0. The Morgan fingerprint density at radius 2 is 1.89 bits per heavy atom. The van der Waals surface area contributed by atoms with Crippen LogP contribution in [0.4, 0.5) is 10.1 Å². The maximum Gasteiger partial charge on any atom is 0.275 e. The van der Waals surface area contributed by atoms with E-state index in [4.69, 9.17) is 0 Å². The van der Waals surface area contributed by atoms with Gasteiger partial charge in [-0.25, -0.2) is 4.39 Å². The molecule has 0 saturated heterocycles. The largest absolute Gasteiger partial charge is 0.354 e. The second kappa shape index (κ2) is 11.7. The fourth-order valence-electron chi connectivity index (χ4n) is 5.21. The summed E-state index contributed by atoms with van der Waals surface area (Å²) < 4.78 is 17.7. The first kappa shape index (κ1) is 28.7. The minimum Gasteiger partial charge on any atom is -0.354 e. The lowest BCUT2D eigenvalue weighted by Gasteiger charge is -2.19. The average molecular weight is 590 g/mol. The zero-order valence-corrected chi connectivity index (χ0v) is 24.9. The number of tetrazole rings is 1. The summed E-state index contributed by atoms with van der Waals surface area (Å²) >= 11 is 0. The highest BCUT2D eigenvalue weighted by molar-refractivity contribution is 5.85. The van der Waals surface area contributed by atoms with Gasteiger partial charge in [0.05, 0.1) is 36.7 Å². The van der Waals surface area contributed by atoms with Gasteiger partial charge < -0.3 is 19.8 Å². The van der Waals surface area contributed by atoms with E-state index in [1.165, 1.54) is 16.9 Å². The number of pyridine rings is 2. The van der Waals surface area contributed by atoms with Gasteiger partial charge in [0.15, 0.2) is 0 Å². The Kier molecular flexibility index (Phi) is 7.62. The van der Waals surface area contributed by atoms with Crippen molar-refractivity contribution in [2.45, 2.75) is 26.4 Å². The number of nitrogens with one attached hydrogen (secondary N) is 2. The van der Waals surface area contributed by atoms with Crippen molar-refractivity contribution in [2.75, 3.05) is 12.4 Å². The molecule has 10 nitrogen and oxygen atoms in total. The van der Waals surface area contributed by atoms with E-state index >= 15 is 0 Å². The van der Waals surface area contributed by atoms with Crippen LogP contribution in [0, 0.1) is 12.7 Å². The minimum atomic E-state index is -0.281. The number of aromatic nitrogens is 7. The number of aryl methyl sites for hydroxylation is 2. The van der Waals surface area contributed by atoms with Crippen molar-refractivity contribution in [1.29, 1.82) is 0 Å². The molecule has 0 saturated carbocycles. The van der Waals surface area contributed by atoms with Crippen LogP contribution in [0.2, 0.25) is 0 Å². The molecule has 6 aromatic rings. The molecule has 0 spiro atoms. The number of halogens is 1. The lowest BCUT2D eigenvalue weighted by molar-refractivity contribution is 0.629. The number of fused-ring (bicyclic) bond motifs is 1. The Bertz CT molecular complexity index is 2070. The molecule has 2 N–H and O–H groups in total. The Hall–Kier alpha value is -5.42. The predicted molar refractivity (Wildman–Crippen MR) is 170 cm³/mol. The molecule has 4 aromatic heterocycles. The summed E-state index contributed by atoms with van der Waals surface area (Å²) in [4.78, 5) is 20.0. The molecule has 11 heteroatoms. The number of nitrogens with zero attached hydrogens (tertiary/aromatic N) is 7. The Balaban J connectivity index is 1.44. The molecule has 222 valence electrons. The lowest BCUT2D eigenvalue weighted by Crippen LogP contribution is -2.30. The molecule has 4 heterocycles. The third kappa shape index (κ3) is 5.52. The topological polar surface area (TPSA) is 107 Å². The summed E-state index contributed by atoms with van der Waals surface area (Å²) in [6, 6.07) is 18.1. The van der Waals surface area contributed by atoms with Crippen LogP contribution < -0.4 is 16.2 Å². The highest BCUT2D eigenvalue weighted by atomic mass is 19.1. The van der Waals surface area contributed by atoms with E-state index in [1.54, 1.807) is 36.1 Å². The van der Waals surface area contributed by atoms with Crippen LogP contribution in [0.15, 0.2) is 96.3 Å². The van der Waals surface area contributed by atoms with Crippen LogP contribution in [-0.4, -0.2) is 47.4 Å². The smallest absolute Gasteiger partial charge is 0.275 e. The van der Waals surface area contributed by atoms with Gasteiger partial charge in [-0.2, -0.15) is 4.80 Å². The van der Waals surface area contributed by atoms with Crippen molar-refractivity contribution in [3.63, 3.8) is 0 Å². The van der Waals surface area contributed by atoms with Crippen LogP contribution in [0.25, 0.3) is 39.2 Å². The van der Waals surface area contributed by atoms with E-state index in [9.17, 15) is 9.18 Å². The van der Waals surface area contributed by atoms with E-state index < -0.39 is 0 Å². The fraction of sp³-hybridized carbons (Fsp3) is 0.182. The second-order valence-electron chi connectivity index (χ2n) is 10.8. The normalized spacial score (nSPS) is 12.0. The summed E-state index contributed by atoms with van der Waals surface area (Å²) in [5.41, 5.74) is 6.64. The van der Waals surface area contributed by atoms with Crippen LogP contribution in [0.5, 0.6) is 0 Å². The number of benzene rings is 2. The molecule has 0 amide bonds. The summed E-state index contributed by atoms with van der Waals surface area (Å²) in [6.07, 6.45) is 5.47. The molecular weight excluding hydrogens is 557 g/mol. The van der Waals surface area contributed by atoms with Crippen molar-refractivity contribution in [1.82, 2.24) is 39.6 Å².